The van der Waals surface area contributed by atoms with E-state index in [0.717, 1.165) is 13.0 Å². The van der Waals surface area contributed by atoms with Gasteiger partial charge in [-0.25, -0.2) is 0 Å². The predicted molar refractivity (Wildman–Crippen MR) is 71.1 cm³/mol. The van der Waals surface area contributed by atoms with Crippen LogP contribution >= 0.6 is 0 Å². The van der Waals surface area contributed by atoms with Gasteiger partial charge in [-0.15, -0.1) is 0 Å². The van der Waals surface area contributed by atoms with E-state index in [-0.39, 0.29) is 6.10 Å². The molecule has 2 nitrogen and oxygen atoms in total. The summed E-state index contributed by atoms with van der Waals surface area (Å²) in [6.07, 6.45) is 4.11. The second-order valence-electron chi connectivity index (χ2n) is 4.69. The van der Waals surface area contributed by atoms with Gasteiger partial charge in [-0.3, -0.25) is 0 Å². The highest BCUT2D eigenvalue weighted by molar-refractivity contribution is 5.17. The zero-order chi connectivity index (χ0) is 11.9. The Labute approximate surface area is 105 Å². The van der Waals surface area contributed by atoms with Gasteiger partial charge in [0.1, 0.15) is 0 Å². The average molecular weight is 233 g/mol. The van der Waals surface area contributed by atoms with Crippen LogP contribution in [-0.4, -0.2) is 31.1 Å². The number of likely N-dealkylation sites (tertiary alicyclic amines) is 1. The Balaban J connectivity index is 1.88. The van der Waals surface area contributed by atoms with E-state index in [2.05, 4.69) is 42.2 Å². The number of nitrogens with zero attached hydrogens (tertiary/aromatic N) is 1. The normalized spacial score (nSPS) is 18.4. The van der Waals surface area contributed by atoms with Crippen LogP contribution in [0.1, 0.15) is 37.9 Å². The highest BCUT2D eigenvalue weighted by Gasteiger charge is 2.16. The van der Waals surface area contributed by atoms with Crippen LogP contribution in [0.2, 0.25) is 0 Å². The molecule has 2 rings (SSSR count). The molecule has 1 fully saturated rings. The maximum atomic E-state index is 5.86. The Kier molecular flexibility index (Phi) is 5.02. The van der Waals surface area contributed by atoms with Crippen molar-refractivity contribution in [2.75, 3.05) is 26.2 Å². The first-order valence-corrected chi connectivity index (χ1v) is 6.79. The molecule has 0 N–H and O–H groups in total. The highest BCUT2D eigenvalue weighted by atomic mass is 16.5. The summed E-state index contributed by atoms with van der Waals surface area (Å²) in [6.45, 7) is 6.58. The van der Waals surface area contributed by atoms with E-state index in [1.807, 2.05) is 0 Å². The molecular weight excluding hydrogens is 210 g/mol. The van der Waals surface area contributed by atoms with Gasteiger partial charge in [-0.2, -0.15) is 0 Å². The van der Waals surface area contributed by atoms with Gasteiger partial charge in [0.2, 0.25) is 0 Å². The maximum Gasteiger partial charge on any atom is 0.0837 e. The van der Waals surface area contributed by atoms with E-state index in [1.165, 1.54) is 38.0 Å². The van der Waals surface area contributed by atoms with E-state index < -0.39 is 0 Å². The van der Waals surface area contributed by atoms with Crippen molar-refractivity contribution in [3.05, 3.63) is 35.9 Å². The molecule has 1 aromatic carbocycles. The van der Waals surface area contributed by atoms with Crippen LogP contribution in [0.3, 0.4) is 0 Å². The Morgan fingerprint density at radius 1 is 1.18 bits per heavy atom. The minimum absolute atomic E-state index is 0.266. The highest BCUT2D eigenvalue weighted by Crippen LogP contribution is 2.22. The third-order valence-corrected chi connectivity index (χ3v) is 3.45. The van der Waals surface area contributed by atoms with Crippen LogP contribution in [0.4, 0.5) is 0 Å². The summed E-state index contributed by atoms with van der Waals surface area (Å²) in [5.74, 6) is 0. The van der Waals surface area contributed by atoms with Crippen LogP contribution in [0.25, 0.3) is 0 Å². The summed E-state index contributed by atoms with van der Waals surface area (Å²) < 4.78 is 5.86. The van der Waals surface area contributed by atoms with Crippen molar-refractivity contribution in [2.45, 2.75) is 32.3 Å². The van der Waals surface area contributed by atoms with Gasteiger partial charge >= 0.3 is 0 Å². The van der Waals surface area contributed by atoms with Crippen molar-refractivity contribution >= 4 is 0 Å². The Hall–Kier alpha value is -0.860. The Morgan fingerprint density at radius 2 is 1.88 bits per heavy atom. The van der Waals surface area contributed by atoms with Gasteiger partial charge in [-0.05, 0) is 44.8 Å². The van der Waals surface area contributed by atoms with Crippen molar-refractivity contribution in [1.82, 2.24) is 4.90 Å². The summed E-state index contributed by atoms with van der Waals surface area (Å²) in [5.41, 5.74) is 1.31. The van der Waals surface area contributed by atoms with Crippen LogP contribution in [0, 0.1) is 0 Å². The molecule has 0 saturated carbocycles. The van der Waals surface area contributed by atoms with E-state index in [9.17, 15) is 0 Å². The van der Waals surface area contributed by atoms with Crippen LogP contribution in [0.15, 0.2) is 30.3 Å². The molecule has 1 heterocycles. The van der Waals surface area contributed by atoms with Crippen molar-refractivity contribution in [3.8, 4) is 0 Å². The lowest BCUT2D eigenvalue weighted by molar-refractivity contribution is 0.0494. The van der Waals surface area contributed by atoms with Crippen molar-refractivity contribution in [2.24, 2.45) is 0 Å². The average Bonchev–Trinajstić information content (AvgIpc) is 2.88. The lowest BCUT2D eigenvalue weighted by Crippen LogP contribution is -2.22. The third-order valence-electron chi connectivity index (χ3n) is 3.45. The molecule has 0 spiro atoms. The molecule has 1 aromatic rings. The van der Waals surface area contributed by atoms with E-state index in [4.69, 9.17) is 4.74 Å². The molecule has 0 aliphatic carbocycles. The Bertz CT molecular complexity index is 306. The second-order valence-corrected chi connectivity index (χ2v) is 4.69. The summed E-state index contributed by atoms with van der Waals surface area (Å²) in [7, 11) is 0. The lowest BCUT2D eigenvalue weighted by Gasteiger charge is -2.21. The van der Waals surface area contributed by atoms with Crippen molar-refractivity contribution in [3.63, 3.8) is 0 Å². The fourth-order valence-electron chi connectivity index (χ4n) is 2.52. The maximum absolute atomic E-state index is 5.86. The van der Waals surface area contributed by atoms with Gasteiger partial charge < -0.3 is 9.64 Å². The molecule has 94 valence electrons. The van der Waals surface area contributed by atoms with Gasteiger partial charge in [0.25, 0.3) is 0 Å². The Morgan fingerprint density at radius 3 is 2.53 bits per heavy atom. The molecule has 1 saturated heterocycles. The molecule has 2 heteroatoms. The first-order chi connectivity index (χ1) is 8.40. The topological polar surface area (TPSA) is 12.5 Å². The quantitative estimate of drug-likeness (QED) is 0.748. The van der Waals surface area contributed by atoms with Gasteiger partial charge in [0.05, 0.1) is 6.10 Å². The minimum Gasteiger partial charge on any atom is -0.374 e. The van der Waals surface area contributed by atoms with E-state index >= 15 is 0 Å². The smallest absolute Gasteiger partial charge is 0.0837 e. The first-order valence-electron chi connectivity index (χ1n) is 6.79. The predicted octanol–water partition coefficient (Wildman–Crippen LogP) is 3.25. The molecule has 0 radical (unpaired) electrons. The molecule has 0 amide bonds. The summed E-state index contributed by atoms with van der Waals surface area (Å²) >= 11 is 0. The van der Waals surface area contributed by atoms with Crippen LogP contribution in [0.5, 0.6) is 0 Å². The number of hydrogen-bond donors (Lipinski definition) is 0. The summed E-state index contributed by atoms with van der Waals surface area (Å²) in [5, 5.41) is 0. The molecule has 1 atom stereocenters. The third kappa shape index (κ3) is 3.83. The zero-order valence-electron chi connectivity index (χ0n) is 10.8. The summed E-state index contributed by atoms with van der Waals surface area (Å²) in [4.78, 5) is 2.55. The molecule has 0 aromatic heterocycles. The molecule has 1 aliphatic heterocycles. The SMILES string of the molecule is CCOC(CCN1CCCC1)c1ccccc1. The minimum atomic E-state index is 0.266. The molecular formula is C15H23NO. The lowest BCUT2D eigenvalue weighted by atomic mass is 10.1. The monoisotopic (exact) mass is 233 g/mol. The number of benzene rings is 1. The van der Waals surface area contributed by atoms with E-state index in [1.54, 1.807) is 0 Å². The largest absolute Gasteiger partial charge is 0.374 e. The van der Waals surface area contributed by atoms with Crippen molar-refractivity contribution < 1.29 is 4.74 Å². The van der Waals surface area contributed by atoms with E-state index in [0.29, 0.717) is 0 Å². The second kappa shape index (κ2) is 6.77. The molecule has 0 bridgehead atoms. The number of hydrogen-bond acceptors (Lipinski definition) is 2. The molecule has 1 unspecified atom stereocenters. The molecule has 17 heavy (non-hydrogen) atoms. The summed E-state index contributed by atoms with van der Waals surface area (Å²) in [6, 6.07) is 10.6. The van der Waals surface area contributed by atoms with Crippen molar-refractivity contribution in [1.29, 1.82) is 0 Å². The zero-order valence-corrected chi connectivity index (χ0v) is 10.8. The number of ether oxygens (including phenoxy) is 1. The van der Waals surface area contributed by atoms with Crippen LogP contribution < -0.4 is 0 Å². The van der Waals surface area contributed by atoms with Gasteiger partial charge in [0, 0.05) is 13.2 Å². The number of rotatable bonds is 6. The standard InChI is InChI=1S/C15H23NO/c1-2-17-15(14-8-4-3-5-9-14)10-13-16-11-6-7-12-16/h3-5,8-9,15H,2,6-7,10-13H2,1H3. The fourth-order valence-corrected chi connectivity index (χ4v) is 2.52. The fraction of sp³-hybridized carbons (Fsp3) is 0.600. The first kappa shape index (κ1) is 12.6. The van der Waals surface area contributed by atoms with Gasteiger partial charge in [0.15, 0.2) is 0 Å². The molecule has 1 aliphatic rings. The van der Waals surface area contributed by atoms with Crippen LogP contribution in [-0.2, 0) is 4.74 Å². The van der Waals surface area contributed by atoms with Gasteiger partial charge in [-0.1, -0.05) is 30.3 Å².